The molecular formula is C13H18O4. The fourth-order valence-corrected chi connectivity index (χ4v) is 2.68. The number of hydrogen-bond donors (Lipinski definition) is 2. The van der Waals surface area contributed by atoms with Crippen LogP contribution in [0.5, 0.6) is 0 Å². The van der Waals surface area contributed by atoms with E-state index in [0.29, 0.717) is 18.1 Å². The van der Waals surface area contributed by atoms with E-state index in [0.717, 1.165) is 12.8 Å². The van der Waals surface area contributed by atoms with Crippen LogP contribution in [0.4, 0.5) is 0 Å². The number of carboxylic acid groups (broad SMARTS) is 1. The maximum absolute atomic E-state index is 10.8. The molecule has 0 saturated heterocycles. The SMILES string of the molecule is CC1CCC(O)(c2ccc(C(=O)O)o2)C(C)C1. The molecule has 0 spiro atoms. The van der Waals surface area contributed by atoms with Crippen LogP contribution in [0, 0.1) is 11.8 Å². The Hall–Kier alpha value is -1.29. The van der Waals surface area contributed by atoms with Crippen molar-refractivity contribution in [3.8, 4) is 0 Å². The van der Waals surface area contributed by atoms with Crippen LogP contribution in [0.25, 0.3) is 0 Å². The fourth-order valence-electron chi connectivity index (χ4n) is 2.68. The Morgan fingerprint density at radius 2 is 2.18 bits per heavy atom. The van der Waals surface area contributed by atoms with Crippen LogP contribution in [-0.4, -0.2) is 16.2 Å². The summed E-state index contributed by atoms with van der Waals surface area (Å²) in [6, 6.07) is 2.98. The second-order valence-electron chi connectivity index (χ2n) is 5.17. The first-order valence-corrected chi connectivity index (χ1v) is 5.99. The van der Waals surface area contributed by atoms with Gasteiger partial charge in [-0.1, -0.05) is 13.8 Å². The number of carboxylic acids is 1. The monoisotopic (exact) mass is 238 g/mol. The van der Waals surface area contributed by atoms with Gasteiger partial charge in [-0.05, 0) is 43.2 Å². The lowest BCUT2D eigenvalue weighted by molar-refractivity contribution is -0.0748. The van der Waals surface area contributed by atoms with Crippen molar-refractivity contribution in [2.75, 3.05) is 0 Å². The average molecular weight is 238 g/mol. The summed E-state index contributed by atoms with van der Waals surface area (Å²) >= 11 is 0. The van der Waals surface area contributed by atoms with Gasteiger partial charge >= 0.3 is 5.97 Å². The molecule has 2 N–H and O–H groups in total. The van der Waals surface area contributed by atoms with Gasteiger partial charge in [-0.25, -0.2) is 4.79 Å². The highest BCUT2D eigenvalue weighted by atomic mass is 16.4. The van der Waals surface area contributed by atoms with Crippen molar-refractivity contribution in [2.24, 2.45) is 11.8 Å². The van der Waals surface area contributed by atoms with E-state index in [9.17, 15) is 9.90 Å². The van der Waals surface area contributed by atoms with Crippen LogP contribution in [0.3, 0.4) is 0 Å². The molecule has 0 bridgehead atoms. The Morgan fingerprint density at radius 3 is 2.71 bits per heavy atom. The summed E-state index contributed by atoms with van der Waals surface area (Å²) < 4.78 is 5.24. The van der Waals surface area contributed by atoms with Crippen molar-refractivity contribution in [1.29, 1.82) is 0 Å². The van der Waals surface area contributed by atoms with Crippen molar-refractivity contribution in [1.82, 2.24) is 0 Å². The molecule has 1 heterocycles. The lowest BCUT2D eigenvalue weighted by Crippen LogP contribution is -2.38. The summed E-state index contributed by atoms with van der Waals surface area (Å²) in [5.41, 5.74) is -1.01. The van der Waals surface area contributed by atoms with Gasteiger partial charge in [0.15, 0.2) is 0 Å². The highest BCUT2D eigenvalue weighted by molar-refractivity contribution is 5.84. The molecule has 0 aliphatic heterocycles. The van der Waals surface area contributed by atoms with Crippen molar-refractivity contribution in [3.63, 3.8) is 0 Å². The number of furan rings is 1. The van der Waals surface area contributed by atoms with Crippen molar-refractivity contribution >= 4 is 5.97 Å². The van der Waals surface area contributed by atoms with Crippen LogP contribution in [0.15, 0.2) is 16.5 Å². The molecule has 4 nitrogen and oxygen atoms in total. The molecule has 3 unspecified atom stereocenters. The predicted molar refractivity (Wildman–Crippen MR) is 61.7 cm³/mol. The Labute approximate surface area is 100 Å². The molecule has 1 aromatic rings. The van der Waals surface area contributed by atoms with Crippen LogP contribution < -0.4 is 0 Å². The van der Waals surface area contributed by atoms with E-state index in [1.165, 1.54) is 6.07 Å². The molecule has 1 saturated carbocycles. The Morgan fingerprint density at radius 1 is 1.47 bits per heavy atom. The van der Waals surface area contributed by atoms with Crippen molar-refractivity contribution in [3.05, 3.63) is 23.7 Å². The minimum absolute atomic E-state index is 0.0824. The number of aliphatic hydroxyl groups is 1. The first-order chi connectivity index (χ1) is 7.93. The Bertz CT molecular complexity index is 423. The lowest BCUT2D eigenvalue weighted by Gasteiger charge is -2.39. The van der Waals surface area contributed by atoms with Gasteiger partial charge in [0.05, 0.1) is 0 Å². The maximum Gasteiger partial charge on any atom is 0.371 e. The molecule has 0 radical (unpaired) electrons. The van der Waals surface area contributed by atoms with E-state index >= 15 is 0 Å². The van der Waals surface area contributed by atoms with E-state index < -0.39 is 11.6 Å². The van der Waals surface area contributed by atoms with Crippen LogP contribution in [0.1, 0.15) is 49.4 Å². The molecule has 2 rings (SSSR count). The van der Waals surface area contributed by atoms with Gasteiger partial charge in [-0.2, -0.15) is 0 Å². The number of rotatable bonds is 2. The first-order valence-electron chi connectivity index (χ1n) is 5.99. The third-order valence-electron chi connectivity index (χ3n) is 3.83. The van der Waals surface area contributed by atoms with Gasteiger partial charge in [0.1, 0.15) is 11.4 Å². The molecule has 94 valence electrons. The molecule has 1 fully saturated rings. The van der Waals surface area contributed by atoms with E-state index in [-0.39, 0.29) is 11.7 Å². The summed E-state index contributed by atoms with van der Waals surface area (Å²) in [5, 5.41) is 19.5. The van der Waals surface area contributed by atoms with Gasteiger partial charge in [0.25, 0.3) is 0 Å². The van der Waals surface area contributed by atoms with Gasteiger partial charge in [0, 0.05) is 0 Å². The summed E-state index contributed by atoms with van der Waals surface area (Å²) in [6.45, 7) is 4.15. The number of hydrogen-bond acceptors (Lipinski definition) is 3. The van der Waals surface area contributed by atoms with Gasteiger partial charge in [-0.3, -0.25) is 0 Å². The standard InChI is InChI=1S/C13H18O4/c1-8-5-6-13(16,9(2)7-8)11-4-3-10(17-11)12(14)15/h3-4,8-9,16H,5-7H2,1-2H3,(H,14,15). The van der Waals surface area contributed by atoms with E-state index in [2.05, 4.69) is 6.92 Å². The van der Waals surface area contributed by atoms with Crippen molar-refractivity contribution in [2.45, 2.75) is 38.7 Å². The third kappa shape index (κ3) is 2.09. The molecule has 1 aromatic heterocycles. The minimum atomic E-state index is -1.10. The zero-order valence-electron chi connectivity index (χ0n) is 10.1. The van der Waals surface area contributed by atoms with Crippen LogP contribution in [-0.2, 0) is 5.60 Å². The summed E-state index contributed by atoms with van der Waals surface area (Å²) in [6.07, 6.45) is 2.49. The average Bonchev–Trinajstić information content (AvgIpc) is 2.74. The van der Waals surface area contributed by atoms with Gasteiger partial charge < -0.3 is 14.6 Å². The maximum atomic E-state index is 10.8. The Balaban J connectivity index is 2.27. The third-order valence-corrected chi connectivity index (χ3v) is 3.83. The van der Waals surface area contributed by atoms with E-state index in [1.807, 2.05) is 6.92 Å². The predicted octanol–water partition coefficient (Wildman–Crippen LogP) is 2.62. The van der Waals surface area contributed by atoms with Gasteiger partial charge in [-0.15, -0.1) is 0 Å². The zero-order chi connectivity index (χ0) is 12.6. The topological polar surface area (TPSA) is 70.7 Å². The largest absolute Gasteiger partial charge is 0.475 e. The second kappa shape index (κ2) is 4.18. The molecule has 1 aliphatic rings. The molecule has 17 heavy (non-hydrogen) atoms. The normalized spacial score (nSPS) is 33.6. The smallest absolute Gasteiger partial charge is 0.371 e. The quantitative estimate of drug-likeness (QED) is 0.830. The fraction of sp³-hybridized carbons (Fsp3) is 0.615. The zero-order valence-corrected chi connectivity index (χ0v) is 10.1. The first kappa shape index (κ1) is 12.2. The van der Waals surface area contributed by atoms with E-state index in [4.69, 9.17) is 9.52 Å². The van der Waals surface area contributed by atoms with E-state index in [1.54, 1.807) is 6.07 Å². The number of carbonyl (C=O) groups is 1. The molecule has 4 heteroatoms. The second-order valence-corrected chi connectivity index (χ2v) is 5.17. The van der Waals surface area contributed by atoms with Gasteiger partial charge in [0.2, 0.25) is 5.76 Å². The molecule has 0 amide bonds. The highest BCUT2D eigenvalue weighted by Crippen LogP contribution is 2.43. The molecular weight excluding hydrogens is 220 g/mol. The minimum Gasteiger partial charge on any atom is -0.475 e. The highest BCUT2D eigenvalue weighted by Gasteiger charge is 2.42. The Kier molecular flexibility index (Phi) is 3.00. The summed E-state index contributed by atoms with van der Waals surface area (Å²) in [5.74, 6) is -0.150. The summed E-state index contributed by atoms with van der Waals surface area (Å²) in [7, 11) is 0. The van der Waals surface area contributed by atoms with Crippen molar-refractivity contribution < 1.29 is 19.4 Å². The molecule has 3 atom stereocenters. The lowest BCUT2D eigenvalue weighted by atomic mass is 9.71. The number of aromatic carboxylic acids is 1. The van der Waals surface area contributed by atoms with Crippen LogP contribution in [0.2, 0.25) is 0 Å². The van der Waals surface area contributed by atoms with Crippen LogP contribution >= 0.6 is 0 Å². The summed E-state index contributed by atoms with van der Waals surface area (Å²) in [4.78, 5) is 10.8. The molecule has 0 aromatic carbocycles. The molecule has 1 aliphatic carbocycles.